The molecule has 0 aromatic heterocycles. The number of aryl methyl sites for hydroxylation is 1. The monoisotopic (exact) mass is 219 g/mol. The maximum Gasteiger partial charge on any atom is 0.119 e. The van der Waals surface area contributed by atoms with Crippen LogP contribution in [-0.2, 0) is 5.54 Å². The minimum Gasteiger partial charge on any atom is -0.497 e. The summed E-state index contributed by atoms with van der Waals surface area (Å²) >= 11 is 0. The molecule has 0 spiro atoms. The highest BCUT2D eigenvalue weighted by atomic mass is 16.5. The van der Waals surface area contributed by atoms with Gasteiger partial charge in [-0.2, -0.15) is 0 Å². The molecule has 0 bridgehead atoms. The minimum atomic E-state index is -0.115. The third kappa shape index (κ3) is 1.94. The lowest BCUT2D eigenvalue weighted by Crippen LogP contribution is -2.34. The van der Waals surface area contributed by atoms with Gasteiger partial charge in [0.2, 0.25) is 0 Å². The molecule has 1 aliphatic carbocycles. The summed E-state index contributed by atoms with van der Waals surface area (Å²) in [6.07, 6.45) is 3.43. The van der Waals surface area contributed by atoms with Crippen molar-refractivity contribution in [3.63, 3.8) is 0 Å². The van der Waals surface area contributed by atoms with Gasteiger partial charge >= 0.3 is 0 Å². The van der Waals surface area contributed by atoms with Crippen LogP contribution in [0.1, 0.15) is 37.3 Å². The number of ether oxygens (including phenoxy) is 1. The van der Waals surface area contributed by atoms with Crippen molar-refractivity contribution in [1.82, 2.24) is 0 Å². The lowest BCUT2D eigenvalue weighted by atomic mass is 9.85. The highest BCUT2D eigenvalue weighted by Gasteiger charge is 2.36. The molecule has 1 aliphatic rings. The van der Waals surface area contributed by atoms with E-state index in [0.29, 0.717) is 0 Å². The van der Waals surface area contributed by atoms with Crippen LogP contribution in [0.15, 0.2) is 18.2 Å². The molecule has 2 atom stereocenters. The van der Waals surface area contributed by atoms with Gasteiger partial charge in [0.1, 0.15) is 5.75 Å². The van der Waals surface area contributed by atoms with E-state index in [4.69, 9.17) is 10.5 Å². The quantitative estimate of drug-likeness (QED) is 0.830. The molecule has 0 aliphatic heterocycles. The van der Waals surface area contributed by atoms with Gasteiger partial charge in [-0.1, -0.05) is 13.0 Å². The molecule has 2 unspecified atom stereocenters. The molecular formula is C14H21NO. The molecule has 1 aromatic rings. The van der Waals surface area contributed by atoms with E-state index in [2.05, 4.69) is 26.0 Å². The van der Waals surface area contributed by atoms with Crippen LogP contribution in [0, 0.1) is 12.8 Å². The number of hydrogen-bond acceptors (Lipinski definition) is 2. The highest BCUT2D eigenvalue weighted by molar-refractivity contribution is 5.39. The fourth-order valence-electron chi connectivity index (χ4n) is 2.90. The summed E-state index contributed by atoms with van der Waals surface area (Å²) in [4.78, 5) is 0. The van der Waals surface area contributed by atoms with Crippen LogP contribution in [0.5, 0.6) is 5.75 Å². The van der Waals surface area contributed by atoms with Gasteiger partial charge in [-0.05, 0) is 55.4 Å². The largest absolute Gasteiger partial charge is 0.497 e. The number of rotatable bonds is 2. The molecule has 1 aromatic carbocycles. The first-order chi connectivity index (χ1) is 7.55. The zero-order valence-electron chi connectivity index (χ0n) is 10.4. The van der Waals surface area contributed by atoms with Gasteiger partial charge in [-0.3, -0.25) is 0 Å². The average Bonchev–Trinajstić information content (AvgIpc) is 2.59. The Morgan fingerprint density at radius 1 is 1.44 bits per heavy atom. The van der Waals surface area contributed by atoms with E-state index in [1.165, 1.54) is 17.5 Å². The number of hydrogen-bond donors (Lipinski definition) is 1. The zero-order chi connectivity index (χ0) is 11.8. The van der Waals surface area contributed by atoms with E-state index in [1.807, 2.05) is 6.07 Å². The van der Waals surface area contributed by atoms with E-state index in [-0.39, 0.29) is 5.54 Å². The van der Waals surface area contributed by atoms with Crippen molar-refractivity contribution in [2.24, 2.45) is 11.7 Å². The molecule has 2 N–H and O–H groups in total. The van der Waals surface area contributed by atoms with Crippen molar-refractivity contribution in [2.45, 2.75) is 38.6 Å². The van der Waals surface area contributed by atoms with Gasteiger partial charge in [0.25, 0.3) is 0 Å². The SMILES string of the molecule is COc1ccc(C2(N)CCC(C)C2)c(C)c1. The summed E-state index contributed by atoms with van der Waals surface area (Å²) in [6.45, 7) is 4.41. The van der Waals surface area contributed by atoms with Crippen LogP contribution < -0.4 is 10.5 Å². The Morgan fingerprint density at radius 3 is 2.69 bits per heavy atom. The van der Waals surface area contributed by atoms with Crippen LogP contribution in [0.25, 0.3) is 0 Å². The molecule has 0 radical (unpaired) electrons. The third-order valence-electron chi connectivity index (χ3n) is 3.77. The molecule has 2 rings (SSSR count). The van der Waals surface area contributed by atoms with Gasteiger partial charge in [-0.15, -0.1) is 0 Å². The molecule has 1 saturated carbocycles. The van der Waals surface area contributed by atoms with Crippen LogP contribution in [0.4, 0.5) is 0 Å². The Balaban J connectivity index is 2.33. The maximum atomic E-state index is 6.52. The van der Waals surface area contributed by atoms with E-state index in [1.54, 1.807) is 7.11 Å². The molecule has 1 fully saturated rings. The number of nitrogens with two attached hydrogens (primary N) is 1. The van der Waals surface area contributed by atoms with Crippen molar-refractivity contribution < 1.29 is 4.74 Å². The number of methoxy groups -OCH3 is 1. The minimum absolute atomic E-state index is 0.115. The molecule has 0 saturated heterocycles. The van der Waals surface area contributed by atoms with Crippen LogP contribution in [0.2, 0.25) is 0 Å². The molecular weight excluding hydrogens is 198 g/mol. The Morgan fingerprint density at radius 2 is 2.19 bits per heavy atom. The Hall–Kier alpha value is -1.02. The Labute approximate surface area is 97.8 Å². The number of benzene rings is 1. The lowest BCUT2D eigenvalue weighted by Gasteiger charge is -2.27. The van der Waals surface area contributed by atoms with E-state index in [9.17, 15) is 0 Å². The van der Waals surface area contributed by atoms with Gasteiger partial charge in [-0.25, -0.2) is 0 Å². The van der Waals surface area contributed by atoms with Crippen molar-refractivity contribution in [1.29, 1.82) is 0 Å². The second kappa shape index (κ2) is 4.10. The second-order valence-corrected chi connectivity index (χ2v) is 5.18. The summed E-state index contributed by atoms with van der Waals surface area (Å²) in [6, 6.07) is 6.22. The molecule has 88 valence electrons. The Kier molecular flexibility index (Phi) is 2.94. The van der Waals surface area contributed by atoms with Gasteiger partial charge in [0, 0.05) is 5.54 Å². The highest BCUT2D eigenvalue weighted by Crippen LogP contribution is 2.41. The van der Waals surface area contributed by atoms with Crippen LogP contribution >= 0.6 is 0 Å². The maximum absolute atomic E-state index is 6.52. The smallest absolute Gasteiger partial charge is 0.119 e. The first-order valence-electron chi connectivity index (χ1n) is 5.99. The normalized spacial score (nSPS) is 29.4. The summed E-state index contributed by atoms with van der Waals surface area (Å²) in [5.74, 6) is 1.65. The predicted molar refractivity (Wildman–Crippen MR) is 66.6 cm³/mol. The summed E-state index contributed by atoms with van der Waals surface area (Å²) in [7, 11) is 1.70. The molecule has 0 amide bonds. The van der Waals surface area contributed by atoms with E-state index >= 15 is 0 Å². The lowest BCUT2D eigenvalue weighted by molar-refractivity contribution is 0.410. The van der Waals surface area contributed by atoms with Gasteiger partial charge in [0.15, 0.2) is 0 Å². The van der Waals surface area contributed by atoms with Gasteiger partial charge in [0.05, 0.1) is 7.11 Å². The molecule has 2 heteroatoms. The first kappa shape index (κ1) is 11.5. The standard InChI is InChI=1S/C14H21NO/c1-10-6-7-14(15,9-10)13-5-4-12(16-3)8-11(13)2/h4-5,8,10H,6-7,9,15H2,1-3H3. The van der Waals surface area contributed by atoms with Gasteiger partial charge < -0.3 is 10.5 Å². The van der Waals surface area contributed by atoms with Crippen molar-refractivity contribution in [3.05, 3.63) is 29.3 Å². The van der Waals surface area contributed by atoms with Crippen LogP contribution in [-0.4, -0.2) is 7.11 Å². The average molecular weight is 219 g/mol. The molecule has 16 heavy (non-hydrogen) atoms. The summed E-state index contributed by atoms with van der Waals surface area (Å²) < 4.78 is 5.23. The molecule has 2 nitrogen and oxygen atoms in total. The van der Waals surface area contributed by atoms with Crippen molar-refractivity contribution >= 4 is 0 Å². The zero-order valence-corrected chi connectivity index (χ0v) is 10.4. The van der Waals surface area contributed by atoms with E-state index in [0.717, 1.165) is 24.5 Å². The Bertz CT molecular complexity index is 388. The van der Waals surface area contributed by atoms with Crippen LogP contribution in [0.3, 0.4) is 0 Å². The first-order valence-corrected chi connectivity index (χ1v) is 5.99. The molecule has 0 heterocycles. The summed E-state index contributed by atoms with van der Waals surface area (Å²) in [5, 5.41) is 0. The van der Waals surface area contributed by atoms with E-state index < -0.39 is 0 Å². The predicted octanol–water partition coefficient (Wildman–Crippen LogP) is 2.98. The summed E-state index contributed by atoms with van der Waals surface area (Å²) in [5.41, 5.74) is 8.94. The second-order valence-electron chi connectivity index (χ2n) is 5.18. The topological polar surface area (TPSA) is 35.2 Å². The fourth-order valence-corrected chi connectivity index (χ4v) is 2.90. The van der Waals surface area contributed by atoms with Crippen molar-refractivity contribution in [2.75, 3.05) is 7.11 Å². The fraction of sp³-hybridized carbons (Fsp3) is 0.571. The third-order valence-corrected chi connectivity index (χ3v) is 3.77. The van der Waals surface area contributed by atoms with Crippen molar-refractivity contribution in [3.8, 4) is 5.75 Å².